The summed E-state index contributed by atoms with van der Waals surface area (Å²) in [5.74, 6) is 0.457. The fourth-order valence-electron chi connectivity index (χ4n) is 1.91. The van der Waals surface area contributed by atoms with Crippen molar-refractivity contribution in [3.05, 3.63) is 57.8 Å². The van der Waals surface area contributed by atoms with Crippen molar-refractivity contribution in [2.75, 3.05) is 0 Å². The van der Waals surface area contributed by atoms with Crippen LogP contribution >= 0.6 is 23.2 Å². The fourth-order valence-corrected chi connectivity index (χ4v) is 2.23. The van der Waals surface area contributed by atoms with E-state index in [-0.39, 0.29) is 11.9 Å². The second-order valence-electron chi connectivity index (χ2n) is 4.77. The van der Waals surface area contributed by atoms with Crippen molar-refractivity contribution in [3.8, 4) is 11.5 Å². The molecule has 0 aliphatic heterocycles. The lowest BCUT2D eigenvalue weighted by atomic mass is 10.0. The molecule has 2 N–H and O–H groups in total. The Balaban J connectivity index is 2.35. The summed E-state index contributed by atoms with van der Waals surface area (Å²) in [7, 11) is 0. The first-order valence-electron chi connectivity index (χ1n) is 6.67. The van der Waals surface area contributed by atoms with E-state index < -0.39 is 0 Å². The highest BCUT2D eigenvalue weighted by molar-refractivity contribution is 6.34. The van der Waals surface area contributed by atoms with Gasteiger partial charge in [-0.3, -0.25) is 0 Å². The molecule has 0 spiro atoms. The van der Waals surface area contributed by atoms with Gasteiger partial charge in [0.25, 0.3) is 0 Å². The molecule has 0 heterocycles. The van der Waals surface area contributed by atoms with Crippen LogP contribution in [0.25, 0.3) is 0 Å². The van der Waals surface area contributed by atoms with Crippen LogP contribution in [0.15, 0.2) is 36.4 Å². The van der Waals surface area contributed by atoms with E-state index in [1.807, 2.05) is 6.92 Å². The summed E-state index contributed by atoms with van der Waals surface area (Å²) in [6.45, 7) is 1.96. The monoisotopic (exact) mass is 327 g/mol. The number of halogens is 3. The molecule has 0 amide bonds. The van der Waals surface area contributed by atoms with Gasteiger partial charge >= 0.3 is 0 Å². The van der Waals surface area contributed by atoms with Crippen LogP contribution < -0.4 is 10.5 Å². The van der Waals surface area contributed by atoms with Gasteiger partial charge in [0.15, 0.2) is 0 Å². The highest BCUT2D eigenvalue weighted by atomic mass is 35.5. The number of hydrogen-bond donors (Lipinski definition) is 1. The standard InChI is InChI=1S/C16H16Cl2FNO/c1-2-11(20)9-12-14(19)4-3-5-15(12)21-16-8-10(17)6-7-13(16)18/h3-8,11H,2,9,20H2,1H3. The maximum Gasteiger partial charge on any atom is 0.147 e. The molecule has 1 atom stereocenters. The van der Waals surface area contributed by atoms with E-state index in [0.717, 1.165) is 6.42 Å². The van der Waals surface area contributed by atoms with E-state index in [2.05, 4.69) is 0 Å². The van der Waals surface area contributed by atoms with E-state index in [9.17, 15) is 4.39 Å². The van der Waals surface area contributed by atoms with Crippen molar-refractivity contribution in [3.63, 3.8) is 0 Å². The normalized spacial score (nSPS) is 12.2. The van der Waals surface area contributed by atoms with Crippen LogP contribution in [0.4, 0.5) is 4.39 Å². The van der Waals surface area contributed by atoms with Crippen LogP contribution in [-0.2, 0) is 6.42 Å². The van der Waals surface area contributed by atoms with Crippen LogP contribution in [0.3, 0.4) is 0 Å². The summed E-state index contributed by atoms with van der Waals surface area (Å²) in [5, 5.41) is 0.909. The summed E-state index contributed by atoms with van der Waals surface area (Å²) >= 11 is 12.0. The van der Waals surface area contributed by atoms with Gasteiger partial charge in [-0.2, -0.15) is 0 Å². The molecule has 0 aliphatic rings. The first kappa shape index (κ1) is 16.1. The summed E-state index contributed by atoms with van der Waals surface area (Å²) in [5.41, 5.74) is 6.37. The number of benzene rings is 2. The Hall–Kier alpha value is -1.29. The molecule has 0 radical (unpaired) electrons. The molecule has 2 nitrogen and oxygen atoms in total. The molecule has 112 valence electrons. The maximum atomic E-state index is 14.0. The zero-order chi connectivity index (χ0) is 15.4. The smallest absolute Gasteiger partial charge is 0.147 e. The van der Waals surface area contributed by atoms with Crippen molar-refractivity contribution >= 4 is 23.2 Å². The predicted molar refractivity (Wildman–Crippen MR) is 84.9 cm³/mol. The molecule has 2 aromatic carbocycles. The van der Waals surface area contributed by atoms with Gasteiger partial charge in [-0.05, 0) is 37.1 Å². The van der Waals surface area contributed by atoms with E-state index in [4.69, 9.17) is 33.7 Å². The van der Waals surface area contributed by atoms with Gasteiger partial charge in [0.2, 0.25) is 0 Å². The lowest BCUT2D eigenvalue weighted by molar-refractivity contribution is 0.461. The largest absolute Gasteiger partial charge is 0.455 e. The molecule has 2 aromatic rings. The first-order chi connectivity index (χ1) is 10.0. The van der Waals surface area contributed by atoms with Crippen molar-refractivity contribution < 1.29 is 9.13 Å². The first-order valence-corrected chi connectivity index (χ1v) is 7.42. The molecule has 1 unspecified atom stereocenters. The molecule has 0 fully saturated rings. The second-order valence-corrected chi connectivity index (χ2v) is 5.61. The molecular formula is C16H16Cl2FNO. The SMILES string of the molecule is CCC(N)Cc1c(F)cccc1Oc1cc(Cl)ccc1Cl. The van der Waals surface area contributed by atoms with Crippen LogP contribution in [0, 0.1) is 5.82 Å². The van der Waals surface area contributed by atoms with Crippen LogP contribution in [-0.4, -0.2) is 6.04 Å². The molecule has 0 aromatic heterocycles. The van der Waals surface area contributed by atoms with E-state index in [1.54, 1.807) is 30.3 Å². The van der Waals surface area contributed by atoms with E-state index >= 15 is 0 Å². The predicted octanol–water partition coefficient (Wildman–Crippen LogP) is 5.20. The average molecular weight is 328 g/mol. The summed E-state index contributed by atoms with van der Waals surface area (Å²) in [6, 6.07) is 9.44. The van der Waals surface area contributed by atoms with Crippen LogP contribution in [0.1, 0.15) is 18.9 Å². The Morgan fingerprint density at radius 3 is 2.67 bits per heavy atom. The minimum atomic E-state index is -0.338. The third-order valence-corrected chi connectivity index (χ3v) is 3.73. The minimum absolute atomic E-state index is 0.126. The Morgan fingerprint density at radius 1 is 1.19 bits per heavy atom. The zero-order valence-electron chi connectivity index (χ0n) is 11.6. The van der Waals surface area contributed by atoms with Gasteiger partial charge in [0.05, 0.1) is 5.02 Å². The average Bonchev–Trinajstić information content (AvgIpc) is 2.46. The molecular weight excluding hydrogens is 312 g/mol. The van der Waals surface area contributed by atoms with Gasteiger partial charge in [0.1, 0.15) is 17.3 Å². The van der Waals surface area contributed by atoms with Crippen molar-refractivity contribution in [1.29, 1.82) is 0 Å². The van der Waals surface area contributed by atoms with Crippen molar-refractivity contribution in [2.24, 2.45) is 5.73 Å². The molecule has 0 saturated heterocycles. The number of nitrogens with two attached hydrogens (primary N) is 1. The molecule has 5 heteroatoms. The van der Waals surface area contributed by atoms with Crippen LogP contribution in [0.5, 0.6) is 11.5 Å². The van der Waals surface area contributed by atoms with E-state index in [0.29, 0.717) is 33.5 Å². The highest BCUT2D eigenvalue weighted by Crippen LogP contribution is 2.34. The number of ether oxygens (including phenoxy) is 1. The molecule has 2 rings (SSSR count). The third-order valence-electron chi connectivity index (χ3n) is 3.18. The zero-order valence-corrected chi connectivity index (χ0v) is 13.1. The van der Waals surface area contributed by atoms with Gasteiger partial charge in [0, 0.05) is 22.7 Å². The minimum Gasteiger partial charge on any atom is -0.455 e. The van der Waals surface area contributed by atoms with Gasteiger partial charge in [-0.15, -0.1) is 0 Å². The third kappa shape index (κ3) is 4.10. The number of rotatable bonds is 5. The second kappa shape index (κ2) is 7.12. The van der Waals surface area contributed by atoms with Crippen LogP contribution in [0.2, 0.25) is 10.0 Å². The topological polar surface area (TPSA) is 35.2 Å². The summed E-state index contributed by atoms with van der Waals surface area (Å²) in [4.78, 5) is 0. The van der Waals surface area contributed by atoms with E-state index in [1.165, 1.54) is 6.07 Å². The summed E-state index contributed by atoms with van der Waals surface area (Å²) < 4.78 is 19.8. The van der Waals surface area contributed by atoms with Crippen molar-refractivity contribution in [1.82, 2.24) is 0 Å². The maximum absolute atomic E-state index is 14.0. The quantitative estimate of drug-likeness (QED) is 0.818. The highest BCUT2D eigenvalue weighted by Gasteiger charge is 2.14. The van der Waals surface area contributed by atoms with Crippen molar-refractivity contribution in [2.45, 2.75) is 25.8 Å². The van der Waals surface area contributed by atoms with Gasteiger partial charge < -0.3 is 10.5 Å². The lowest BCUT2D eigenvalue weighted by Gasteiger charge is -2.15. The fraction of sp³-hybridized carbons (Fsp3) is 0.250. The molecule has 0 aliphatic carbocycles. The van der Waals surface area contributed by atoms with Gasteiger partial charge in [-0.25, -0.2) is 4.39 Å². The lowest BCUT2D eigenvalue weighted by Crippen LogP contribution is -2.22. The Kier molecular flexibility index (Phi) is 5.45. The Bertz CT molecular complexity index is 634. The molecule has 0 saturated carbocycles. The van der Waals surface area contributed by atoms with Gasteiger partial charge in [-0.1, -0.05) is 36.2 Å². The molecule has 0 bridgehead atoms. The Labute approximate surface area is 133 Å². The molecule has 21 heavy (non-hydrogen) atoms. The summed E-state index contributed by atoms with van der Waals surface area (Å²) in [6.07, 6.45) is 1.16. The number of hydrogen-bond acceptors (Lipinski definition) is 2. The Morgan fingerprint density at radius 2 is 1.95 bits per heavy atom.